The van der Waals surface area contributed by atoms with Gasteiger partial charge in [-0.3, -0.25) is 0 Å². The SMILES string of the molecule is CCCCCCCCCCCCc1ccccc1S(=O)(=O)[O-].[Ca+2].[O-]Cl. The molecule has 1 aromatic rings. The Bertz CT molecular complexity index is 524. The molecule has 0 fully saturated rings. The van der Waals surface area contributed by atoms with Crippen LogP contribution in [-0.4, -0.2) is 50.7 Å². The predicted molar refractivity (Wildman–Crippen MR) is 102 cm³/mol. The van der Waals surface area contributed by atoms with E-state index in [2.05, 4.69) is 18.8 Å². The number of halogens is 1. The van der Waals surface area contributed by atoms with Crippen LogP contribution in [0.2, 0.25) is 0 Å². The Kier molecular flexibility index (Phi) is 20.1. The van der Waals surface area contributed by atoms with E-state index in [1.54, 1.807) is 18.2 Å². The van der Waals surface area contributed by atoms with Crippen molar-refractivity contribution < 1.29 is 17.6 Å². The summed E-state index contributed by atoms with van der Waals surface area (Å²) in [7, 11) is -4.35. The molecule has 25 heavy (non-hydrogen) atoms. The number of hydrogen-bond donors (Lipinski definition) is 0. The second kappa shape index (κ2) is 18.0. The molecule has 0 radical (unpaired) electrons. The van der Waals surface area contributed by atoms with Gasteiger partial charge >= 0.3 is 37.7 Å². The molecule has 0 aliphatic rings. The largest absolute Gasteiger partial charge is 2.00 e. The Hall–Kier alpha value is 0.640. The van der Waals surface area contributed by atoms with E-state index in [-0.39, 0.29) is 42.6 Å². The third-order valence-electron chi connectivity index (χ3n) is 4.04. The first-order valence-corrected chi connectivity index (χ1v) is 10.5. The van der Waals surface area contributed by atoms with Crippen LogP contribution in [0.5, 0.6) is 0 Å². The first-order chi connectivity index (χ1) is 11.6. The molecule has 0 aliphatic heterocycles. The summed E-state index contributed by atoms with van der Waals surface area (Å²) in [6.07, 6.45) is 13.2. The number of unbranched alkanes of at least 4 members (excludes halogenated alkanes) is 9. The maximum atomic E-state index is 11.2. The van der Waals surface area contributed by atoms with Gasteiger partial charge in [-0.15, -0.1) is 0 Å². The van der Waals surface area contributed by atoms with Crippen LogP contribution in [0.4, 0.5) is 0 Å². The normalized spacial score (nSPS) is 10.6. The zero-order chi connectivity index (χ0) is 18.3. The average Bonchev–Trinajstić information content (AvgIpc) is 2.58. The monoisotopic (exact) mass is 416 g/mol. The molecule has 0 N–H and O–H groups in total. The Morgan fingerprint density at radius 1 is 0.840 bits per heavy atom. The van der Waals surface area contributed by atoms with Gasteiger partial charge in [-0.2, -0.15) is 0 Å². The molecule has 0 bridgehead atoms. The molecule has 0 spiro atoms. The number of hydrogen-bond acceptors (Lipinski definition) is 4. The van der Waals surface area contributed by atoms with E-state index in [1.165, 1.54) is 57.4 Å². The van der Waals surface area contributed by atoms with E-state index in [0.717, 1.165) is 12.8 Å². The molecule has 0 heterocycles. The van der Waals surface area contributed by atoms with E-state index >= 15 is 0 Å². The zero-order valence-electron chi connectivity index (χ0n) is 15.2. The van der Waals surface area contributed by atoms with Crippen molar-refractivity contribution in [1.82, 2.24) is 0 Å². The van der Waals surface area contributed by atoms with E-state index in [1.807, 2.05) is 0 Å². The van der Waals surface area contributed by atoms with Crippen molar-refractivity contribution in [3.63, 3.8) is 0 Å². The molecule has 0 atom stereocenters. The molecule has 140 valence electrons. The Labute approximate surface area is 188 Å². The van der Waals surface area contributed by atoms with E-state index in [4.69, 9.17) is 4.66 Å². The van der Waals surface area contributed by atoms with Crippen molar-refractivity contribution in [1.29, 1.82) is 0 Å². The summed E-state index contributed by atoms with van der Waals surface area (Å²) in [6, 6.07) is 6.56. The molecule has 0 unspecified atom stereocenters. The zero-order valence-corrected chi connectivity index (χ0v) is 19.0. The van der Waals surface area contributed by atoms with E-state index in [9.17, 15) is 13.0 Å². The third kappa shape index (κ3) is 14.4. The first kappa shape index (κ1) is 27.9. The molecule has 4 nitrogen and oxygen atoms in total. The van der Waals surface area contributed by atoms with Gasteiger partial charge in [0.1, 0.15) is 10.1 Å². The van der Waals surface area contributed by atoms with Gasteiger partial charge in [-0.1, -0.05) is 82.9 Å². The molecule has 1 rings (SSSR count). The van der Waals surface area contributed by atoms with Crippen LogP contribution in [0.1, 0.15) is 76.7 Å². The fourth-order valence-corrected chi connectivity index (χ4v) is 3.49. The molecular weight excluding hydrogens is 388 g/mol. The van der Waals surface area contributed by atoms with Crippen molar-refractivity contribution in [2.24, 2.45) is 0 Å². The van der Waals surface area contributed by atoms with Gasteiger partial charge in [0.05, 0.1) is 4.90 Å². The standard InChI is InChI=1S/C18H30O3S.Ca.ClO/c1-2-3-4-5-6-7-8-9-10-11-14-17-15-12-13-16-18(17)22(19,20)21;;1-2/h12-13,15-16H,2-11,14H2,1H3,(H,19,20,21);;/q;+2;-1/p-1. The smallest absolute Gasteiger partial charge is 0.769 e. The maximum Gasteiger partial charge on any atom is 2.00 e. The van der Waals surface area contributed by atoms with Crippen LogP contribution in [0.3, 0.4) is 0 Å². The molecule has 7 heteroatoms. The summed E-state index contributed by atoms with van der Waals surface area (Å²) in [6.45, 7) is 2.23. The third-order valence-corrected chi connectivity index (χ3v) is 4.98. The van der Waals surface area contributed by atoms with Crippen LogP contribution in [-0.2, 0) is 16.5 Å². The summed E-state index contributed by atoms with van der Waals surface area (Å²) in [5.74, 6) is 0. The van der Waals surface area contributed by atoms with Crippen molar-refractivity contribution >= 4 is 59.7 Å². The van der Waals surface area contributed by atoms with Crippen molar-refractivity contribution in [3.8, 4) is 0 Å². The summed E-state index contributed by atoms with van der Waals surface area (Å²) in [5.41, 5.74) is 0.664. The van der Waals surface area contributed by atoms with Crippen molar-refractivity contribution in [2.75, 3.05) is 0 Å². The summed E-state index contributed by atoms with van der Waals surface area (Å²) in [5, 5.41) is 0. The minimum atomic E-state index is -4.35. The Morgan fingerprint density at radius 3 is 1.76 bits per heavy atom. The van der Waals surface area contributed by atoms with Gasteiger partial charge in [0, 0.05) is 0 Å². The van der Waals surface area contributed by atoms with Crippen molar-refractivity contribution in [3.05, 3.63) is 29.8 Å². The number of rotatable bonds is 12. The predicted octanol–water partition coefficient (Wildman–Crippen LogP) is 4.17. The number of benzene rings is 1. The summed E-state index contributed by atoms with van der Waals surface area (Å²) < 4.78 is 41.3. The van der Waals surface area contributed by atoms with Crippen LogP contribution >= 0.6 is 11.9 Å². The Balaban J connectivity index is 0. The average molecular weight is 417 g/mol. The summed E-state index contributed by atoms with van der Waals surface area (Å²) >= 11 is 3.39. The first-order valence-electron chi connectivity index (χ1n) is 8.75. The molecule has 0 aliphatic carbocycles. The fraction of sp³-hybridized carbons (Fsp3) is 0.667. The van der Waals surface area contributed by atoms with Gasteiger partial charge in [0.25, 0.3) is 0 Å². The molecule has 0 saturated carbocycles. The molecule has 0 amide bonds. The fourth-order valence-electron chi connectivity index (χ4n) is 2.76. The van der Waals surface area contributed by atoms with Crippen molar-refractivity contribution in [2.45, 2.75) is 82.4 Å². The van der Waals surface area contributed by atoms with Crippen LogP contribution in [0.15, 0.2) is 29.2 Å². The van der Waals surface area contributed by atoms with Gasteiger partial charge < -0.3 is 9.21 Å². The minimum Gasteiger partial charge on any atom is -0.769 e. The quantitative estimate of drug-likeness (QED) is 0.291. The van der Waals surface area contributed by atoms with E-state index < -0.39 is 10.1 Å². The molecule has 0 aromatic heterocycles. The number of aryl methyl sites for hydroxylation is 1. The van der Waals surface area contributed by atoms with Gasteiger partial charge in [0.2, 0.25) is 0 Å². The van der Waals surface area contributed by atoms with Crippen LogP contribution in [0.25, 0.3) is 0 Å². The van der Waals surface area contributed by atoms with Gasteiger partial charge in [-0.25, -0.2) is 20.3 Å². The minimum absolute atomic E-state index is 0. The topological polar surface area (TPSA) is 80.3 Å². The summed E-state index contributed by atoms with van der Waals surface area (Å²) in [4.78, 5) is -0.0501. The second-order valence-corrected chi connectivity index (χ2v) is 7.34. The molecule has 0 saturated heterocycles. The van der Waals surface area contributed by atoms with Gasteiger partial charge in [0.15, 0.2) is 0 Å². The maximum absolute atomic E-state index is 11.2. The van der Waals surface area contributed by atoms with E-state index in [0.29, 0.717) is 12.0 Å². The Morgan fingerprint density at radius 2 is 1.28 bits per heavy atom. The molecule has 1 aromatic carbocycles. The second-order valence-electron chi connectivity index (χ2n) is 5.99. The van der Waals surface area contributed by atoms with Gasteiger partial charge in [-0.05, 0) is 24.5 Å². The molecular formula is C18H29CaClO4S. The van der Waals surface area contributed by atoms with Crippen LogP contribution in [0, 0.1) is 0 Å². The van der Waals surface area contributed by atoms with Crippen LogP contribution < -0.4 is 4.66 Å².